The van der Waals surface area contributed by atoms with Crippen molar-refractivity contribution in [1.29, 1.82) is 0 Å². The van der Waals surface area contributed by atoms with Crippen molar-refractivity contribution in [3.63, 3.8) is 0 Å². The van der Waals surface area contributed by atoms with Gasteiger partial charge in [-0.15, -0.1) is 0 Å². The summed E-state index contributed by atoms with van der Waals surface area (Å²) in [6, 6.07) is 23.1. The van der Waals surface area contributed by atoms with Crippen LogP contribution in [0.4, 0.5) is 5.69 Å². The summed E-state index contributed by atoms with van der Waals surface area (Å²) in [5.41, 5.74) is 1.22. The van der Waals surface area contributed by atoms with Gasteiger partial charge < -0.3 is 19.8 Å². The first-order valence-corrected chi connectivity index (χ1v) is 11.9. The van der Waals surface area contributed by atoms with Crippen LogP contribution in [0.3, 0.4) is 0 Å². The molecular weight excluding hydrogens is 444 g/mol. The van der Waals surface area contributed by atoms with Crippen molar-refractivity contribution in [3.8, 4) is 11.5 Å². The largest absolute Gasteiger partial charge is 0.508 e. The number of aromatic hydroxyl groups is 1. The number of hydrogen-bond acceptors (Lipinski definition) is 6. The lowest BCUT2D eigenvalue weighted by Gasteiger charge is -2.36. The highest BCUT2D eigenvalue weighted by atomic mass is 35.5. The van der Waals surface area contributed by atoms with Gasteiger partial charge in [-0.3, -0.25) is 4.90 Å². The van der Waals surface area contributed by atoms with Crippen molar-refractivity contribution in [2.24, 2.45) is 0 Å². The third kappa shape index (κ3) is 6.56. The molecule has 32 heavy (non-hydrogen) atoms. The standard InChI is InChI=1S/C25H27ClN2O3S/c26-19-1-9-24(10-2-19)32-25-11-3-20(4-12-25)28-15-13-27(14-16-28)17-22(30)18-31-23-7-5-21(29)6-8-23/h1-12,22,29-30H,13-18H2/t22-/m0/s1. The van der Waals surface area contributed by atoms with E-state index in [4.69, 9.17) is 16.3 Å². The number of β-amino-alcohol motifs (C(OH)–C–C–N with tert-alkyl or cyclic N) is 1. The molecule has 3 aromatic rings. The Morgan fingerprint density at radius 3 is 2.06 bits per heavy atom. The second-order valence-corrected chi connectivity index (χ2v) is 9.38. The summed E-state index contributed by atoms with van der Waals surface area (Å²) in [6.45, 7) is 4.47. The van der Waals surface area contributed by atoms with Crippen LogP contribution < -0.4 is 9.64 Å². The number of aliphatic hydroxyl groups is 1. The van der Waals surface area contributed by atoms with Crippen LogP contribution in [0.5, 0.6) is 11.5 Å². The lowest BCUT2D eigenvalue weighted by Crippen LogP contribution is -2.49. The van der Waals surface area contributed by atoms with Crippen LogP contribution >= 0.6 is 23.4 Å². The van der Waals surface area contributed by atoms with E-state index >= 15 is 0 Å². The average molecular weight is 471 g/mol. The minimum absolute atomic E-state index is 0.200. The Hall–Kier alpha value is -2.38. The minimum Gasteiger partial charge on any atom is -0.508 e. The zero-order valence-corrected chi connectivity index (χ0v) is 19.3. The van der Waals surface area contributed by atoms with E-state index in [0.717, 1.165) is 31.2 Å². The molecule has 1 aliphatic heterocycles. The molecule has 3 aromatic carbocycles. The van der Waals surface area contributed by atoms with Gasteiger partial charge in [0.05, 0.1) is 0 Å². The van der Waals surface area contributed by atoms with Gasteiger partial charge in [0, 0.05) is 53.2 Å². The second kappa shape index (κ2) is 11.0. The molecule has 168 valence electrons. The van der Waals surface area contributed by atoms with E-state index in [0.29, 0.717) is 12.3 Å². The Morgan fingerprint density at radius 1 is 0.844 bits per heavy atom. The molecule has 0 radical (unpaired) electrons. The molecule has 0 unspecified atom stereocenters. The van der Waals surface area contributed by atoms with Crippen molar-refractivity contribution < 1.29 is 14.9 Å². The molecule has 0 saturated carbocycles. The van der Waals surface area contributed by atoms with Crippen LogP contribution in [-0.2, 0) is 0 Å². The first kappa shape index (κ1) is 22.8. The quantitative estimate of drug-likeness (QED) is 0.495. The first-order valence-electron chi connectivity index (χ1n) is 10.7. The van der Waals surface area contributed by atoms with E-state index in [1.807, 2.05) is 24.3 Å². The van der Waals surface area contributed by atoms with Gasteiger partial charge in [0.25, 0.3) is 0 Å². The van der Waals surface area contributed by atoms with Gasteiger partial charge in [0.2, 0.25) is 0 Å². The van der Waals surface area contributed by atoms with Crippen LogP contribution in [0.2, 0.25) is 5.02 Å². The number of phenolic OH excluding ortho intramolecular Hbond substituents is 1. The van der Waals surface area contributed by atoms with Crippen LogP contribution in [0, 0.1) is 0 Å². The number of hydrogen-bond donors (Lipinski definition) is 2. The molecule has 1 fully saturated rings. The van der Waals surface area contributed by atoms with Crippen molar-refractivity contribution in [2.75, 3.05) is 44.2 Å². The molecule has 2 N–H and O–H groups in total. The van der Waals surface area contributed by atoms with Crippen molar-refractivity contribution in [1.82, 2.24) is 4.90 Å². The van der Waals surface area contributed by atoms with E-state index in [-0.39, 0.29) is 12.4 Å². The van der Waals surface area contributed by atoms with Crippen molar-refractivity contribution in [2.45, 2.75) is 15.9 Å². The summed E-state index contributed by atoms with van der Waals surface area (Å²) in [7, 11) is 0. The fraction of sp³-hybridized carbons (Fsp3) is 0.280. The number of anilines is 1. The van der Waals surface area contributed by atoms with E-state index in [1.165, 1.54) is 15.5 Å². The van der Waals surface area contributed by atoms with Crippen LogP contribution in [-0.4, -0.2) is 60.5 Å². The van der Waals surface area contributed by atoms with Crippen molar-refractivity contribution >= 4 is 29.1 Å². The second-order valence-electron chi connectivity index (χ2n) is 7.80. The molecule has 1 aliphatic rings. The molecule has 7 heteroatoms. The third-order valence-electron chi connectivity index (χ3n) is 5.37. The number of benzene rings is 3. The lowest BCUT2D eigenvalue weighted by atomic mass is 10.2. The number of nitrogens with zero attached hydrogens (tertiary/aromatic N) is 2. The molecule has 5 nitrogen and oxygen atoms in total. The molecule has 1 heterocycles. The molecule has 0 bridgehead atoms. The highest BCUT2D eigenvalue weighted by molar-refractivity contribution is 7.99. The van der Waals surface area contributed by atoms with Crippen LogP contribution in [0.15, 0.2) is 82.6 Å². The third-order valence-corrected chi connectivity index (χ3v) is 6.64. The normalized spacial score (nSPS) is 15.5. The van der Waals surface area contributed by atoms with Gasteiger partial charge in [-0.25, -0.2) is 0 Å². The maximum atomic E-state index is 10.3. The van der Waals surface area contributed by atoms with Crippen molar-refractivity contribution in [3.05, 3.63) is 77.8 Å². The summed E-state index contributed by atoms with van der Waals surface area (Å²) < 4.78 is 5.61. The first-order chi connectivity index (χ1) is 15.5. The maximum Gasteiger partial charge on any atom is 0.119 e. The summed E-state index contributed by atoms with van der Waals surface area (Å²) in [5.74, 6) is 0.843. The fourth-order valence-electron chi connectivity index (χ4n) is 3.64. The molecule has 0 aliphatic carbocycles. The minimum atomic E-state index is -0.556. The predicted molar refractivity (Wildman–Crippen MR) is 130 cm³/mol. The maximum absolute atomic E-state index is 10.3. The Morgan fingerprint density at radius 2 is 1.44 bits per heavy atom. The lowest BCUT2D eigenvalue weighted by molar-refractivity contribution is 0.0663. The number of piperazine rings is 1. The zero-order valence-electron chi connectivity index (χ0n) is 17.7. The number of aliphatic hydroxyl groups excluding tert-OH is 1. The molecule has 1 saturated heterocycles. The molecule has 0 amide bonds. The fourth-order valence-corrected chi connectivity index (χ4v) is 4.58. The molecular formula is C25H27ClN2O3S. The highest BCUT2D eigenvalue weighted by Crippen LogP contribution is 2.30. The van der Waals surface area contributed by atoms with Crippen LogP contribution in [0.25, 0.3) is 0 Å². The number of rotatable bonds is 8. The van der Waals surface area contributed by atoms with Gasteiger partial charge >= 0.3 is 0 Å². The van der Waals surface area contributed by atoms with E-state index in [2.05, 4.69) is 34.1 Å². The summed E-state index contributed by atoms with van der Waals surface area (Å²) in [4.78, 5) is 7.02. The SMILES string of the molecule is Oc1ccc(OC[C@@H](O)CN2CCN(c3ccc(Sc4ccc(Cl)cc4)cc3)CC2)cc1. The Kier molecular flexibility index (Phi) is 7.81. The van der Waals surface area contributed by atoms with Gasteiger partial charge in [-0.1, -0.05) is 23.4 Å². The molecule has 1 atom stereocenters. The van der Waals surface area contributed by atoms with E-state index in [1.54, 1.807) is 36.0 Å². The Bertz CT molecular complexity index is 976. The van der Waals surface area contributed by atoms with Gasteiger partial charge in [-0.2, -0.15) is 0 Å². The number of halogens is 1. The van der Waals surface area contributed by atoms with E-state index in [9.17, 15) is 10.2 Å². The van der Waals surface area contributed by atoms with Gasteiger partial charge in [-0.05, 0) is 72.8 Å². The topological polar surface area (TPSA) is 56.2 Å². The summed E-state index contributed by atoms with van der Waals surface area (Å²) >= 11 is 7.68. The van der Waals surface area contributed by atoms with Crippen LogP contribution in [0.1, 0.15) is 0 Å². The zero-order chi connectivity index (χ0) is 22.3. The predicted octanol–water partition coefficient (Wildman–Crippen LogP) is 4.76. The van der Waals surface area contributed by atoms with Gasteiger partial charge in [0.15, 0.2) is 0 Å². The monoisotopic (exact) mass is 470 g/mol. The number of ether oxygens (including phenoxy) is 1. The summed E-state index contributed by atoms with van der Waals surface area (Å²) in [5, 5.41) is 20.4. The molecule has 0 spiro atoms. The van der Waals surface area contributed by atoms with E-state index < -0.39 is 6.10 Å². The van der Waals surface area contributed by atoms with Gasteiger partial charge in [0.1, 0.15) is 24.2 Å². The Labute approximate surface area is 198 Å². The molecule has 0 aromatic heterocycles. The highest BCUT2D eigenvalue weighted by Gasteiger charge is 2.20. The average Bonchev–Trinajstić information content (AvgIpc) is 2.81. The smallest absolute Gasteiger partial charge is 0.119 e. The summed E-state index contributed by atoms with van der Waals surface area (Å²) in [6.07, 6.45) is -0.556. The number of phenols is 1. The Balaban J connectivity index is 1.21. The molecule has 4 rings (SSSR count).